The molecule has 0 spiro atoms. The molecule has 1 fully saturated rings. The van der Waals surface area contributed by atoms with Gasteiger partial charge < -0.3 is 9.47 Å². The first kappa shape index (κ1) is 22.3. The van der Waals surface area contributed by atoms with Crippen LogP contribution in [0.4, 0.5) is 0 Å². The summed E-state index contributed by atoms with van der Waals surface area (Å²) >= 11 is 25.2. The Labute approximate surface area is 202 Å². The van der Waals surface area contributed by atoms with Gasteiger partial charge in [-0.2, -0.15) is 5.10 Å². The number of aromatic amines is 1. The van der Waals surface area contributed by atoms with Crippen molar-refractivity contribution in [2.75, 3.05) is 17.9 Å². The summed E-state index contributed by atoms with van der Waals surface area (Å²) in [6, 6.07) is 10.6. The molecule has 2 heterocycles. The maximum atomic E-state index is 12.8. The lowest BCUT2D eigenvalue weighted by Crippen LogP contribution is -2.39. The molecule has 2 aromatic carbocycles. The number of halogens is 3. The molecule has 12 heteroatoms. The molecule has 0 bridgehead atoms. The predicted octanol–water partition coefficient (Wildman–Crippen LogP) is 5.40. The Bertz CT molecular complexity index is 1160. The van der Waals surface area contributed by atoms with Gasteiger partial charge in [-0.05, 0) is 42.0 Å². The van der Waals surface area contributed by atoms with Crippen LogP contribution in [0, 0.1) is 4.77 Å². The van der Waals surface area contributed by atoms with Crippen molar-refractivity contribution in [3.63, 3.8) is 0 Å². The van der Waals surface area contributed by atoms with Crippen LogP contribution < -0.4 is 14.5 Å². The SMILES string of the molecule is COc1ccc(C2SCC(=O)N2n2c(COc3c(Cl)cc(Cl)cc3Cl)n[nH]c2=S)cc1. The van der Waals surface area contributed by atoms with Gasteiger partial charge in [-0.15, -0.1) is 11.8 Å². The summed E-state index contributed by atoms with van der Waals surface area (Å²) in [5, 5.41) is 9.16. The average Bonchev–Trinajstić information content (AvgIpc) is 3.29. The molecule has 1 saturated heterocycles. The average molecular weight is 518 g/mol. The first-order valence-corrected chi connectivity index (χ1v) is 11.5. The van der Waals surface area contributed by atoms with Gasteiger partial charge in [0.1, 0.15) is 17.7 Å². The number of H-pyrrole nitrogens is 1. The highest BCUT2D eigenvalue weighted by molar-refractivity contribution is 8.00. The Hall–Kier alpha value is -1.91. The highest BCUT2D eigenvalue weighted by Crippen LogP contribution is 2.39. The summed E-state index contributed by atoms with van der Waals surface area (Å²) in [5.74, 6) is 1.59. The van der Waals surface area contributed by atoms with E-state index in [0.717, 1.165) is 11.3 Å². The molecule has 0 saturated carbocycles. The predicted molar refractivity (Wildman–Crippen MR) is 125 cm³/mol. The zero-order chi connectivity index (χ0) is 22.1. The second-order valence-corrected chi connectivity index (χ2v) is 9.12. The van der Waals surface area contributed by atoms with Gasteiger partial charge in [-0.1, -0.05) is 46.9 Å². The first-order valence-electron chi connectivity index (χ1n) is 8.90. The van der Waals surface area contributed by atoms with Crippen LogP contribution in [0.2, 0.25) is 15.1 Å². The Morgan fingerprint density at radius 3 is 2.55 bits per heavy atom. The van der Waals surface area contributed by atoms with Crippen LogP contribution in [-0.4, -0.2) is 33.6 Å². The van der Waals surface area contributed by atoms with Crippen molar-refractivity contribution >= 4 is 64.7 Å². The van der Waals surface area contributed by atoms with Crippen molar-refractivity contribution in [1.82, 2.24) is 14.9 Å². The molecule has 1 unspecified atom stereocenters. The number of benzene rings is 2. The number of methoxy groups -OCH3 is 1. The van der Waals surface area contributed by atoms with Crippen molar-refractivity contribution in [3.8, 4) is 11.5 Å². The van der Waals surface area contributed by atoms with Gasteiger partial charge in [0.2, 0.25) is 4.77 Å². The highest BCUT2D eigenvalue weighted by Gasteiger charge is 2.36. The number of carbonyl (C=O) groups is 1. The minimum atomic E-state index is -0.288. The topological polar surface area (TPSA) is 72.4 Å². The normalized spacial score (nSPS) is 16.1. The summed E-state index contributed by atoms with van der Waals surface area (Å²) in [6.45, 7) is -0.0298. The van der Waals surface area contributed by atoms with E-state index in [4.69, 9.17) is 56.5 Å². The lowest BCUT2D eigenvalue weighted by atomic mass is 10.2. The van der Waals surface area contributed by atoms with Crippen LogP contribution in [-0.2, 0) is 11.4 Å². The molecule has 7 nitrogen and oxygen atoms in total. The summed E-state index contributed by atoms with van der Waals surface area (Å²) in [6.07, 6.45) is 0. The molecule has 3 aromatic rings. The third kappa shape index (κ3) is 4.51. The second-order valence-electron chi connectivity index (χ2n) is 6.42. The van der Waals surface area contributed by atoms with E-state index in [9.17, 15) is 4.79 Å². The minimum absolute atomic E-state index is 0.0298. The number of amides is 1. The van der Waals surface area contributed by atoms with Crippen LogP contribution in [0.25, 0.3) is 0 Å². The van der Waals surface area contributed by atoms with E-state index in [-0.39, 0.29) is 38.5 Å². The van der Waals surface area contributed by atoms with Crippen LogP contribution in [0.5, 0.6) is 11.5 Å². The van der Waals surface area contributed by atoms with Crippen LogP contribution in [0.15, 0.2) is 36.4 Å². The minimum Gasteiger partial charge on any atom is -0.497 e. The van der Waals surface area contributed by atoms with E-state index in [0.29, 0.717) is 16.6 Å². The highest BCUT2D eigenvalue weighted by atomic mass is 35.5. The van der Waals surface area contributed by atoms with Gasteiger partial charge >= 0.3 is 0 Å². The summed E-state index contributed by atoms with van der Waals surface area (Å²) in [7, 11) is 1.60. The van der Waals surface area contributed by atoms with Gasteiger partial charge in [-0.25, -0.2) is 9.69 Å². The smallest absolute Gasteiger partial charge is 0.252 e. The maximum absolute atomic E-state index is 12.8. The van der Waals surface area contributed by atoms with Crippen molar-refractivity contribution in [3.05, 3.63) is 67.6 Å². The standard InChI is InChI=1S/C19H15Cl3N4O3S2/c1-28-12-4-2-10(3-5-12)18-26(16(27)9-31-18)25-15(23-24-19(25)30)8-29-17-13(21)6-11(20)7-14(17)22/h2-7,18H,8-9H2,1H3,(H,24,30). The molecule has 1 aliphatic rings. The molecule has 1 N–H and O–H groups in total. The number of hydrogen-bond acceptors (Lipinski definition) is 6. The molecule has 1 aromatic heterocycles. The number of rotatable bonds is 6. The fourth-order valence-electron chi connectivity index (χ4n) is 3.08. The molecule has 0 radical (unpaired) electrons. The number of aromatic nitrogens is 3. The third-order valence-corrected chi connectivity index (χ3v) is 6.73. The van der Waals surface area contributed by atoms with Gasteiger partial charge in [0.15, 0.2) is 11.6 Å². The molecule has 1 aliphatic heterocycles. The quantitative estimate of drug-likeness (QED) is 0.442. The van der Waals surface area contributed by atoms with E-state index >= 15 is 0 Å². The largest absolute Gasteiger partial charge is 0.497 e. The van der Waals surface area contributed by atoms with Crippen molar-refractivity contribution in [1.29, 1.82) is 0 Å². The number of nitrogens with zero attached hydrogens (tertiary/aromatic N) is 3. The van der Waals surface area contributed by atoms with Gasteiger partial charge in [0.25, 0.3) is 5.91 Å². The molecule has 1 amide bonds. The van der Waals surface area contributed by atoms with Crippen LogP contribution in [0.3, 0.4) is 0 Å². The monoisotopic (exact) mass is 516 g/mol. The first-order chi connectivity index (χ1) is 14.9. The summed E-state index contributed by atoms with van der Waals surface area (Å²) in [5.41, 5.74) is 0.926. The fourth-order valence-corrected chi connectivity index (χ4v) is 5.38. The molecule has 4 rings (SSSR count). The van der Waals surface area contributed by atoms with E-state index in [2.05, 4.69) is 10.2 Å². The Morgan fingerprint density at radius 2 is 1.90 bits per heavy atom. The van der Waals surface area contributed by atoms with Crippen molar-refractivity contribution < 1.29 is 14.3 Å². The van der Waals surface area contributed by atoms with Gasteiger partial charge in [0, 0.05) is 5.02 Å². The van der Waals surface area contributed by atoms with Gasteiger partial charge in [-0.3, -0.25) is 9.89 Å². The van der Waals surface area contributed by atoms with E-state index in [1.165, 1.54) is 23.9 Å². The molecule has 1 atom stereocenters. The number of ether oxygens (including phenoxy) is 2. The van der Waals surface area contributed by atoms with Crippen LogP contribution in [0.1, 0.15) is 16.8 Å². The Morgan fingerprint density at radius 1 is 1.23 bits per heavy atom. The lowest BCUT2D eigenvalue weighted by Gasteiger charge is -2.26. The molecule has 0 aliphatic carbocycles. The Balaban J connectivity index is 1.64. The number of thioether (sulfide) groups is 1. The lowest BCUT2D eigenvalue weighted by molar-refractivity contribution is -0.117. The number of nitrogens with one attached hydrogen (secondary N) is 1. The van der Waals surface area contributed by atoms with Crippen molar-refractivity contribution in [2.45, 2.75) is 12.0 Å². The van der Waals surface area contributed by atoms with E-state index in [1.807, 2.05) is 24.3 Å². The summed E-state index contributed by atoms with van der Waals surface area (Å²) < 4.78 is 12.8. The van der Waals surface area contributed by atoms with Crippen LogP contribution >= 0.6 is 58.8 Å². The maximum Gasteiger partial charge on any atom is 0.252 e. The number of hydrogen-bond donors (Lipinski definition) is 1. The molecule has 31 heavy (non-hydrogen) atoms. The molecular weight excluding hydrogens is 503 g/mol. The zero-order valence-electron chi connectivity index (χ0n) is 16.0. The van der Waals surface area contributed by atoms with E-state index < -0.39 is 0 Å². The zero-order valence-corrected chi connectivity index (χ0v) is 19.9. The molecular formula is C19H15Cl3N4O3S2. The fraction of sp³-hybridized carbons (Fsp3) is 0.211. The van der Waals surface area contributed by atoms with Gasteiger partial charge in [0.05, 0.1) is 22.9 Å². The summed E-state index contributed by atoms with van der Waals surface area (Å²) in [4.78, 5) is 12.8. The third-order valence-electron chi connectivity index (χ3n) is 4.48. The van der Waals surface area contributed by atoms with Crippen molar-refractivity contribution in [2.24, 2.45) is 0 Å². The van der Waals surface area contributed by atoms with E-state index in [1.54, 1.807) is 16.8 Å². The number of carbonyl (C=O) groups excluding carboxylic acids is 1. The second kappa shape index (κ2) is 9.30. The Kier molecular flexibility index (Phi) is 6.68. The molecule has 162 valence electrons.